The van der Waals surface area contributed by atoms with Gasteiger partial charge in [-0.2, -0.15) is 0 Å². The van der Waals surface area contributed by atoms with Crippen molar-refractivity contribution in [3.63, 3.8) is 0 Å². The Balaban J connectivity index is 1.39. The molecule has 28 heavy (non-hydrogen) atoms. The minimum Gasteiger partial charge on any atom is -0.0885 e. The van der Waals surface area contributed by atoms with E-state index in [-0.39, 0.29) is 0 Å². The fraction of sp³-hybridized carbons (Fsp3) is 0.571. The van der Waals surface area contributed by atoms with Gasteiger partial charge in [-0.05, 0) is 54.9 Å². The first-order chi connectivity index (χ1) is 13.9. The largest absolute Gasteiger partial charge is 0.0885 e. The zero-order valence-electron chi connectivity index (χ0n) is 18.3. The molecule has 0 aliphatic rings. The van der Waals surface area contributed by atoms with E-state index in [4.69, 9.17) is 0 Å². The molecule has 0 saturated carbocycles. The van der Waals surface area contributed by atoms with E-state index in [2.05, 4.69) is 61.5 Å². The van der Waals surface area contributed by atoms with E-state index in [0.29, 0.717) is 0 Å². The van der Waals surface area contributed by atoms with E-state index >= 15 is 0 Å². The third kappa shape index (κ3) is 10.1. The number of unbranched alkanes of at least 4 members (excludes halogenated alkanes) is 12. The van der Waals surface area contributed by atoms with Gasteiger partial charge in [-0.3, -0.25) is 0 Å². The van der Waals surface area contributed by atoms with Crippen LogP contribution < -0.4 is 0 Å². The van der Waals surface area contributed by atoms with Crippen molar-refractivity contribution < 1.29 is 0 Å². The van der Waals surface area contributed by atoms with Gasteiger partial charge in [-0.15, -0.1) is 0 Å². The highest BCUT2D eigenvalue weighted by molar-refractivity contribution is 5.82. The summed E-state index contributed by atoms with van der Waals surface area (Å²) in [6.07, 6.45) is 25.4. The second-order valence-corrected chi connectivity index (χ2v) is 8.37. The number of hydrogen-bond donors (Lipinski definition) is 0. The maximum Gasteiger partial charge on any atom is -0.0181 e. The topological polar surface area (TPSA) is 0 Å². The van der Waals surface area contributed by atoms with E-state index in [0.717, 1.165) is 0 Å². The first-order valence-corrected chi connectivity index (χ1v) is 12.0. The standard InChI is InChI=1S/C28H42/c1-2-3-4-5-6-7-8-9-10-11-12-13-14-15-16-17-20-26-23-24-27-21-18-19-22-28(27)25-26/h11-12,18-19,21-25H,2-10,13-17,20H2,1H3/b12-11+. The van der Waals surface area contributed by atoms with Crippen LogP contribution in [0.2, 0.25) is 0 Å². The summed E-state index contributed by atoms with van der Waals surface area (Å²) >= 11 is 0. The Morgan fingerprint density at radius 3 is 1.82 bits per heavy atom. The molecule has 0 aliphatic carbocycles. The van der Waals surface area contributed by atoms with E-state index in [1.54, 1.807) is 0 Å². The normalized spacial score (nSPS) is 11.6. The summed E-state index contributed by atoms with van der Waals surface area (Å²) in [6.45, 7) is 2.29. The molecule has 0 nitrogen and oxygen atoms in total. The first-order valence-electron chi connectivity index (χ1n) is 12.0. The molecule has 154 valence electrons. The Bertz CT molecular complexity index is 652. The average molecular weight is 379 g/mol. The monoisotopic (exact) mass is 378 g/mol. The van der Waals surface area contributed by atoms with Gasteiger partial charge < -0.3 is 0 Å². The van der Waals surface area contributed by atoms with Crippen LogP contribution in [0.25, 0.3) is 10.8 Å². The zero-order valence-corrected chi connectivity index (χ0v) is 18.3. The molecule has 0 aromatic heterocycles. The second kappa shape index (κ2) is 15.4. The molecule has 0 saturated heterocycles. The molecule has 0 amide bonds. The van der Waals surface area contributed by atoms with Crippen LogP contribution in [0.4, 0.5) is 0 Å². The van der Waals surface area contributed by atoms with Gasteiger partial charge in [0, 0.05) is 0 Å². The fourth-order valence-electron chi connectivity index (χ4n) is 3.97. The molecule has 0 fully saturated rings. The molecule has 0 N–H and O–H groups in total. The molecular weight excluding hydrogens is 336 g/mol. The minimum absolute atomic E-state index is 1.22. The lowest BCUT2D eigenvalue weighted by Crippen LogP contribution is -1.86. The third-order valence-electron chi connectivity index (χ3n) is 5.79. The fourth-order valence-corrected chi connectivity index (χ4v) is 3.97. The maximum atomic E-state index is 2.42. The summed E-state index contributed by atoms with van der Waals surface area (Å²) in [6, 6.07) is 15.6. The summed E-state index contributed by atoms with van der Waals surface area (Å²) in [5.41, 5.74) is 1.49. The highest BCUT2D eigenvalue weighted by Gasteiger charge is 1.97. The molecule has 0 heteroatoms. The van der Waals surface area contributed by atoms with Crippen molar-refractivity contribution >= 4 is 10.8 Å². The van der Waals surface area contributed by atoms with Crippen LogP contribution in [0, 0.1) is 0 Å². The van der Waals surface area contributed by atoms with Crippen LogP contribution in [0.1, 0.15) is 102 Å². The van der Waals surface area contributed by atoms with Crippen molar-refractivity contribution in [2.75, 3.05) is 0 Å². The number of benzene rings is 2. The lowest BCUT2D eigenvalue weighted by molar-refractivity contribution is 0.577. The Morgan fingerprint density at radius 1 is 0.571 bits per heavy atom. The van der Waals surface area contributed by atoms with E-state index < -0.39 is 0 Å². The molecule has 0 bridgehead atoms. The zero-order chi connectivity index (χ0) is 19.7. The lowest BCUT2D eigenvalue weighted by Gasteiger charge is -2.04. The number of rotatable bonds is 16. The molecule has 0 spiro atoms. The molecule has 2 aromatic carbocycles. The molecule has 0 atom stereocenters. The van der Waals surface area contributed by atoms with Crippen LogP contribution in [-0.2, 0) is 6.42 Å². The van der Waals surface area contributed by atoms with Crippen LogP contribution in [0.5, 0.6) is 0 Å². The maximum absolute atomic E-state index is 2.42. The second-order valence-electron chi connectivity index (χ2n) is 8.37. The van der Waals surface area contributed by atoms with E-state index in [1.807, 2.05) is 0 Å². The average Bonchev–Trinajstić information content (AvgIpc) is 2.73. The minimum atomic E-state index is 1.22. The number of hydrogen-bond acceptors (Lipinski definition) is 0. The summed E-state index contributed by atoms with van der Waals surface area (Å²) in [5.74, 6) is 0. The number of aryl methyl sites for hydroxylation is 1. The lowest BCUT2D eigenvalue weighted by atomic mass is 10.0. The van der Waals surface area contributed by atoms with Crippen molar-refractivity contribution in [2.45, 2.75) is 103 Å². The Labute approximate surface area is 174 Å². The van der Waals surface area contributed by atoms with Crippen molar-refractivity contribution in [2.24, 2.45) is 0 Å². The van der Waals surface area contributed by atoms with Crippen LogP contribution in [0.15, 0.2) is 54.6 Å². The Morgan fingerprint density at radius 2 is 1.14 bits per heavy atom. The number of allylic oxidation sites excluding steroid dienone is 2. The van der Waals surface area contributed by atoms with E-state index in [1.165, 1.54) is 113 Å². The van der Waals surface area contributed by atoms with Gasteiger partial charge in [0.25, 0.3) is 0 Å². The van der Waals surface area contributed by atoms with Gasteiger partial charge in [0.15, 0.2) is 0 Å². The van der Waals surface area contributed by atoms with Gasteiger partial charge in [0.1, 0.15) is 0 Å². The van der Waals surface area contributed by atoms with Gasteiger partial charge in [0.05, 0.1) is 0 Å². The van der Waals surface area contributed by atoms with Crippen molar-refractivity contribution in [3.05, 3.63) is 60.2 Å². The predicted molar refractivity (Wildman–Crippen MR) is 127 cm³/mol. The van der Waals surface area contributed by atoms with Crippen LogP contribution >= 0.6 is 0 Å². The quantitative estimate of drug-likeness (QED) is 0.201. The summed E-state index contributed by atoms with van der Waals surface area (Å²) in [7, 11) is 0. The number of fused-ring (bicyclic) bond motifs is 1. The molecular formula is C28H42. The first kappa shape index (κ1) is 22.7. The summed E-state index contributed by atoms with van der Waals surface area (Å²) in [5, 5.41) is 2.73. The van der Waals surface area contributed by atoms with Crippen LogP contribution in [-0.4, -0.2) is 0 Å². The summed E-state index contributed by atoms with van der Waals surface area (Å²) in [4.78, 5) is 0. The van der Waals surface area contributed by atoms with Crippen LogP contribution in [0.3, 0.4) is 0 Å². The van der Waals surface area contributed by atoms with Crippen molar-refractivity contribution in [3.8, 4) is 0 Å². The Kier molecular flexibility index (Phi) is 12.5. The molecule has 0 radical (unpaired) electrons. The third-order valence-corrected chi connectivity index (χ3v) is 5.79. The molecule has 0 aliphatic heterocycles. The highest BCUT2D eigenvalue weighted by Crippen LogP contribution is 2.17. The summed E-state index contributed by atoms with van der Waals surface area (Å²) < 4.78 is 0. The Hall–Kier alpha value is -1.56. The van der Waals surface area contributed by atoms with Crippen molar-refractivity contribution in [1.29, 1.82) is 0 Å². The molecule has 0 unspecified atom stereocenters. The smallest absolute Gasteiger partial charge is 0.0181 e. The van der Waals surface area contributed by atoms with Gasteiger partial charge in [0.2, 0.25) is 0 Å². The predicted octanol–water partition coefficient (Wildman–Crippen LogP) is 9.42. The van der Waals surface area contributed by atoms with Gasteiger partial charge >= 0.3 is 0 Å². The van der Waals surface area contributed by atoms with Gasteiger partial charge in [-0.25, -0.2) is 0 Å². The SMILES string of the molecule is CCCCCCCCCC/C=C/CCCCCCc1ccc2ccccc2c1. The highest BCUT2D eigenvalue weighted by atomic mass is 14.0. The molecule has 2 aromatic rings. The van der Waals surface area contributed by atoms with Gasteiger partial charge in [-0.1, -0.05) is 119 Å². The van der Waals surface area contributed by atoms with Crippen molar-refractivity contribution in [1.82, 2.24) is 0 Å². The molecule has 2 rings (SSSR count). The molecule has 0 heterocycles. The van der Waals surface area contributed by atoms with E-state index in [9.17, 15) is 0 Å².